The first-order chi connectivity index (χ1) is 4.34. The second kappa shape index (κ2) is 2.99. The van der Waals surface area contributed by atoms with Crippen molar-refractivity contribution in [2.75, 3.05) is 6.61 Å². The van der Waals surface area contributed by atoms with E-state index >= 15 is 0 Å². The molecule has 2 heteroatoms. The number of aliphatic hydroxyl groups excluding tert-OH is 1. The Balaban J connectivity index is 2.69. The smallest absolute Gasteiger partial charge is 0.0479 e. The first-order valence-electron chi connectivity index (χ1n) is 2.98. The molecule has 0 aromatic carbocycles. The van der Waals surface area contributed by atoms with Crippen LogP contribution in [0.1, 0.15) is 10.4 Å². The van der Waals surface area contributed by atoms with Gasteiger partial charge in [-0.3, -0.25) is 0 Å². The van der Waals surface area contributed by atoms with Gasteiger partial charge in [-0.1, -0.05) is 0 Å². The van der Waals surface area contributed by atoms with E-state index in [9.17, 15) is 0 Å². The maximum Gasteiger partial charge on any atom is 0.0479 e. The van der Waals surface area contributed by atoms with Crippen LogP contribution in [-0.2, 0) is 6.42 Å². The van der Waals surface area contributed by atoms with Crippen molar-refractivity contribution in [3.63, 3.8) is 0 Å². The van der Waals surface area contributed by atoms with Gasteiger partial charge in [0.05, 0.1) is 0 Å². The van der Waals surface area contributed by atoms with Crippen molar-refractivity contribution in [1.29, 1.82) is 0 Å². The van der Waals surface area contributed by atoms with Crippen LogP contribution < -0.4 is 0 Å². The summed E-state index contributed by atoms with van der Waals surface area (Å²) in [5.74, 6) is 0. The van der Waals surface area contributed by atoms with Gasteiger partial charge in [-0.05, 0) is 23.9 Å². The molecule has 1 aromatic rings. The Hall–Kier alpha value is -0.340. The Labute approximate surface area is 59.0 Å². The first kappa shape index (κ1) is 6.78. The van der Waals surface area contributed by atoms with Crippen molar-refractivity contribution in [3.8, 4) is 0 Å². The lowest BCUT2D eigenvalue weighted by molar-refractivity contribution is 0.300. The van der Waals surface area contributed by atoms with Gasteiger partial charge >= 0.3 is 0 Å². The Morgan fingerprint density at radius 3 is 2.89 bits per heavy atom. The van der Waals surface area contributed by atoms with E-state index in [-0.39, 0.29) is 6.61 Å². The zero-order chi connectivity index (χ0) is 6.69. The summed E-state index contributed by atoms with van der Waals surface area (Å²) in [7, 11) is 0. The summed E-state index contributed by atoms with van der Waals surface area (Å²) in [4.78, 5) is 1.30. The maximum absolute atomic E-state index is 8.57. The van der Waals surface area contributed by atoms with Crippen LogP contribution in [0.5, 0.6) is 0 Å². The Morgan fingerprint density at radius 1 is 1.67 bits per heavy atom. The molecule has 1 nitrogen and oxygen atoms in total. The molecule has 0 aliphatic rings. The molecular formula is C7H10OS. The van der Waals surface area contributed by atoms with Gasteiger partial charge in [0, 0.05) is 17.9 Å². The minimum Gasteiger partial charge on any atom is -0.396 e. The van der Waals surface area contributed by atoms with Gasteiger partial charge in [0.2, 0.25) is 0 Å². The molecule has 9 heavy (non-hydrogen) atoms. The first-order valence-corrected chi connectivity index (χ1v) is 3.86. The fraction of sp³-hybridized carbons (Fsp3) is 0.429. The molecule has 0 radical (unpaired) electrons. The number of thiophene rings is 1. The minimum atomic E-state index is 0.265. The van der Waals surface area contributed by atoms with E-state index in [2.05, 4.69) is 18.4 Å². The van der Waals surface area contributed by atoms with Crippen LogP contribution in [0.15, 0.2) is 11.4 Å². The van der Waals surface area contributed by atoms with E-state index in [0.29, 0.717) is 0 Å². The molecule has 0 aliphatic carbocycles. The van der Waals surface area contributed by atoms with Gasteiger partial charge in [-0.25, -0.2) is 0 Å². The average molecular weight is 142 g/mol. The lowest BCUT2D eigenvalue weighted by atomic mass is 10.2. The average Bonchev–Trinajstić information content (AvgIpc) is 2.18. The van der Waals surface area contributed by atoms with E-state index < -0.39 is 0 Å². The summed E-state index contributed by atoms with van der Waals surface area (Å²) in [5, 5.41) is 10.6. The van der Waals surface area contributed by atoms with Crippen molar-refractivity contribution < 1.29 is 5.11 Å². The number of aryl methyl sites for hydroxylation is 1. The number of aliphatic hydroxyl groups is 1. The predicted octanol–water partition coefficient (Wildman–Crippen LogP) is 1.59. The summed E-state index contributed by atoms with van der Waals surface area (Å²) in [6.07, 6.45) is 0.809. The molecule has 1 heterocycles. The Morgan fingerprint density at radius 2 is 2.44 bits per heavy atom. The summed E-state index contributed by atoms with van der Waals surface area (Å²) < 4.78 is 0. The number of rotatable bonds is 2. The Bertz CT molecular complexity index is 181. The topological polar surface area (TPSA) is 20.2 Å². The van der Waals surface area contributed by atoms with Crippen molar-refractivity contribution in [2.24, 2.45) is 0 Å². The van der Waals surface area contributed by atoms with E-state index in [1.165, 1.54) is 10.4 Å². The second-order valence-electron chi connectivity index (χ2n) is 2.00. The lowest BCUT2D eigenvalue weighted by Crippen LogP contribution is -1.87. The van der Waals surface area contributed by atoms with Crippen molar-refractivity contribution in [2.45, 2.75) is 13.3 Å². The third kappa shape index (κ3) is 1.53. The molecule has 1 N–H and O–H groups in total. The second-order valence-corrected chi connectivity index (χ2v) is 3.00. The summed E-state index contributed by atoms with van der Waals surface area (Å²) in [6.45, 7) is 2.34. The molecule has 0 atom stereocenters. The molecule has 0 saturated heterocycles. The van der Waals surface area contributed by atoms with Crippen LogP contribution in [0, 0.1) is 6.92 Å². The van der Waals surface area contributed by atoms with Crippen molar-refractivity contribution >= 4 is 11.3 Å². The van der Waals surface area contributed by atoms with E-state index in [1.807, 2.05) is 0 Å². The molecule has 0 unspecified atom stereocenters. The third-order valence-corrected chi connectivity index (χ3v) is 2.39. The quantitative estimate of drug-likeness (QED) is 0.665. The fourth-order valence-electron chi connectivity index (χ4n) is 0.762. The van der Waals surface area contributed by atoms with Crippen LogP contribution >= 0.6 is 11.3 Å². The van der Waals surface area contributed by atoms with E-state index in [1.54, 1.807) is 11.3 Å². The SMILES string of the molecule is Cc1ccsc1CCO. The van der Waals surface area contributed by atoms with Crippen LogP contribution in [0.4, 0.5) is 0 Å². The standard InChI is InChI=1S/C7H10OS/c1-6-3-5-9-7(6)2-4-8/h3,5,8H,2,4H2,1H3. The molecule has 0 aliphatic heterocycles. The van der Waals surface area contributed by atoms with Gasteiger partial charge in [0.1, 0.15) is 0 Å². The van der Waals surface area contributed by atoms with E-state index in [4.69, 9.17) is 5.11 Å². The molecule has 0 spiro atoms. The Kier molecular flexibility index (Phi) is 2.25. The molecule has 0 saturated carbocycles. The molecule has 0 amide bonds. The van der Waals surface area contributed by atoms with Crippen LogP contribution in [0.2, 0.25) is 0 Å². The highest BCUT2D eigenvalue weighted by atomic mass is 32.1. The van der Waals surface area contributed by atoms with Crippen LogP contribution in [0.25, 0.3) is 0 Å². The molecular weight excluding hydrogens is 132 g/mol. The largest absolute Gasteiger partial charge is 0.396 e. The van der Waals surface area contributed by atoms with Crippen LogP contribution in [-0.4, -0.2) is 11.7 Å². The lowest BCUT2D eigenvalue weighted by Gasteiger charge is -1.91. The van der Waals surface area contributed by atoms with Gasteiger partial charge in [0.15, 0.2) is 0 Å². The molecule has 1 aromatic heterocycles. The minimum absolute atomic E-state index is 0.265. The monoisotopic (exact) mass is 142 g/mol. The summed E-state index contributed by atoms with van der Waals surface area (Å²) in [5.41, 5.74) is 1.30. The zero-order valence-corrected chi connectivity index (χ0v) is 6.24. The number of hydrogen-bond donors (Lipinski definition) is 1. The zero-order valence-electron chi connectivity index (χ0n) is 5.42. The maximum atomic E-state index is 8.57. The van der Waals surface area contributed by atoms with Crippen molar-refractivity contribution in [3.05, 3.63) is 21.9 Å². The van der Waals surface area contributed by atoms with Crippen LogP contribution in [0.3, 0.4) is 0 Å². The molecule has 0 fully saturated rings. The summed E-state index contributed by atoms with van der Waals surface area (Å²) >= 11 is 1.71. The number of hydrogen-bond acceptors (Lipinski definition) is 2. The highest BCUT2D eigenvalue weighted by Crippen LogP contribution is 2.15. The summed E-state index contributed by atoms with van der Waals surface area (Å²) in [6, 6.07) is 2.08. The molecule has 0 bridgehead atoms. The third-order valence-electron chi connectivity index (χ3n) is 1.31. The predicted molar refractivity (Wildman–Crippen MR) is 39.8 cm³/mol. The highest BCUT2D eigenvalue weighted by molar-refractivity contribution is 7.10. The van der Waals surface area contributed by atoms with Crippen molar-refractivity contribution in [1.82, 2.24) is 0 Å². The van der Waals surface area contributed by atoms with E-state index in [0.717, 1.165) is 6.42 Å². The van der Waals surface area contributed by atoms with Gasteiger partial charge in [-0.15, -0.1) is 11.3 Å². The van der Waals surface area contributed by atoms with Gasteiger partial charge in [0.25, 0.3) is 0 Å². The fourth-order valence-corrected chi connectivity index (χ4v) is 1.66. The highest BCUT2D eigenvalue weighted by Gasteiger charge is 1.95. The van der Waals surface area contributed by atoms with Gasteiger partial charge in [-0.2, -0.15) is 0 Å². The molecule has 1 rings (SSSR count). The molecule has 50 valence electrons. The normalized spacial score (nSPS) is 10.0. The van der Waals surface area contributed by atoms with Gasteiger partial charge < -0.3 is 5.11 Å².